The minimum atomic E-state index is -3.86. The number of nitrogens with two attached hydrogens (primary N) is 1. The summed E-state index contributed by atoms with van der Waals surface area (Å²) in [5.74, 6) is -0.738. The number of rotatable bonds is 4. The second-order valence-corrected chi connectivity index (χ2v) is 7.42. The molecule has 0 spiro atoms. The predicted molar refractivity (Wildman–Crippen MR) is 76.3 cm³/mol. The van der Waals surface area contributed by atoms with Crippen molar-refractivity contribution in [3.63, 3.8) is 0 Å². The normalized spacial score (nSPS) is 18.9. The molecule has 2 rings (SSSR count). The zero-order chi connectivity index (χ0) is 14.8. The van der Waals surface area contributed by atoms with Crippen molar-refractivity contribution in [1.82, 2.24) is 4.72 Å². The van der Waals surface area contributed by atoms with E-state index in [0.29, 0.717) is 5.56 Å². The average Bonchev–Trinajstić information content (AvgIpc) is 2.40. The van der Waals surface area contributed by atoms with Crippen molar-refractivity contribution in [2.45, 2.75) is 49.5 Å². The SMILES string of the molecule is Cc1ccc(F)c(S(=O)(=O)NCC2(N)CCCCC2)c1. The van der Waals surface area contributed by atoms with Crippen LogP contribution in [-0.2, 0) is 10.0 Å². The number of benzene rings is 1. The third-order valence-electron chi connectivity index (χ3n) is 3.84. The van der Waals surface area contributed by atoms with Crippen LogP contribution >= 0.6 is 0 Å². The molecule has 0 aromatic heterocycles. The lowest BCUT2D eigenvalue weighted by Gasteiger charge is -2.33. The monoisotopic (exact) mass is 300 g/mol. The van der Waals surface area contributed by atoms with Crippen molar-refractivity contribution >= 4 is 10.0 Å². The lowest BCUT2D eigenvalue weighted by atomic mass is 9.83. The van der Waals surface area contributed by atoms with Gasteiger partial charge in [0.05, 0.1) is 0 Å². The van der Waals surface area contributed by atoms with Gasteiger partial charge in [0, 0.05) is 12.1 Å². The van der Waals surface area contributed by atoms with Crippen LogP contribution in [-0.4, -0.2) is 20.5 Å². The van der Waals surface area contributed by atoms with Crippen molar-refractivity contribution in [2.75, 3.05) is 6.54 Å². The molecule has 0 bridgehead atoms. The van der Waals surface area contributed by atoms with Crippen LogP contribution in [0.4, 0.5) is 4.39 Å². The first-order chi connectivity index (χ1) is 9.32. The smallest absolute Gasteiger partial charge is 0.243 e. The first-order valence-corrected chi connectivity index (χ1v) is 8.35. The predicted octanol–water partition coefficient (Wildman–Crippen LogP) is 2.07. The maximum Gasteiger partial charge on any atom is 0.243 e. The van der Waals surface area contributed by atoms with Gasteiger partial charge in [-0.25, -0.2) is 17.5 Å². The summed E-state index contributed by atoms with van der Waals surface area (Å²) in [5, 5.41) is 0. The number of aryl methyl sites for hydroxylation is 1. The largest absolute Gasteiger partial charge is 0.324 e. The Morgan fingerprint density at radius 1 is 1.30 bits per heavy atom. The highest BCUT2D eigenvalue weighted by Gasteiger charge is 2.30. The quantitative estimate of drug-likeness (QED) is 0.894. The minimum Gasteiger partial charge on any atom is -0.324 e. The van der Waals surface area contributed by atoms with Gasteiger partial charge in [-0.05, 0) is 37.5 Å². The number of sulfonamides is 1. The first kappa shape index (κ1) is 15.4. The van der Waals surface area contributed by atoms with E-state index < -0.39 is 21.4 Å². The van der Waals surface area contributed by atoms with Gasteiger partial charge < -0.3 is 5.73 Å². The third kappa shape index (κ3) is 3.56. The highest BCUT2D eigenvalue weighted by Crippen LogP contribution is 2.26. The topological polar surface area (TPSA) is 72.2 Å². The molecule has 0 atom stereocenters. The summed E-state index contributed by atoms with van der Waals surface area (Å²) < 4.78 is 40.5. The fourth-order valence-corrected chi connectivity index (χ4v) is 3.86. The van der Waals surface area contributed by atoms with Gasteiger partial charge in [-0.15, -0.1) is 0 Å². The zero-order valence-electron chi connectivity index (χ0n) is 11.7. The number of halogens is 1. The van der Waals surface area contributed by atoms with Crippen LogP contribution in [0, 0.1) is 12.7 Å². The van der Waals surface area contributed by atoms with E-state index in [1.54, 1.807) is 13.0 Å². The maximum atomic E-state index is 13.7. The molecule has 1 aliphatic rings. The van der Waals surface area contributed by atoms with E-state index in [1.807, 2.05) is 0 Å². The Morgan fingerprint density at radius 2 is 1.95 bits per heavy atom. The molecule has 0 aliphatic heterocycles. The summed E-state index contributed by atoms with van der Waals surface area (Å²) in [4.78, 5) is -0.308. The van der Waals surface area contributed by atoms with Gasteiger partial charge in [0.2, 0.25) is 10.0 Å². The van der Waals surface area contributed by atoms with Crippen molar-refractivity contribution in [2.24, 2.45) is 5.73 Å². The van der Waals surface area contributed by atoms with Crippen LogP contribution in [0.3, 0.4) is 0 Å². The molecule has 0 amide bonds. The van der Waals surface area contributed by atoms with Crippen molar-refractivity contribution < 1.29 is 12.8 Å². The molecular formula is C14H21FN2O2S. The molecule has 3 N–H and O–H groups in total. The summed E-state index contributed by atoms with van der Waals surface area (Å²) in [7, 11) is -3.86. The maximum absolute atomic E-state index is 13.7. The number of hydrogen-bond donors (Lipinski definition) is 2. The van der Waals surface area contributed by atoms with E-state index in [9.17, 15) is 12.8 Å². The average molecular weight is 300 g/mol. The summed E-state index contributed by atoms with van der Waals surface area (Å²) in [6.07, 6.45) is 4.75. The molecule has 20 heavy (non-hydrogen) atoms. The Labute approximate surface area is 119 Å². The molecule has 1 saturated carbocycles. The van der Waals surface area contributed by atoms with Gasteiger partial charge in [0.1, 0.15) is 10.7 Å². The van der Waals surface area contributed by atoms with Crippen molar-refractivity contribution in [3.05, 3.63) is 29.6 Å². The van der Waals surface area contributed by atoms with Crippen LogP contribution in [0.15, 0.2) is 23.1 Å². The van der Waals surface area contributed by atoms with Gasteiger partial charge in [-0.3, -0.25) is 0 Å². The van der Waals surface area contributed by atoms with E-state index in [0.717, 1.165) is 32.1 Å². The van der Waals surface area contributed by atoms with Crippen LogP contribution in [0.25, 0.3) is 0 Å². The number of hydrogen-bond acceptors (Lipinski definition) is 3. The standard InChI is InChI=1S/C14H21FN2O2S/c1-11-5-6-12(15)13(9-11)20(18,19)17-10-14(16)7-3-2-4-8-14/h5-6,9,17H,2-4,7-8,10,16H2,1H3. The van der Waals surface area contributed by atoms with Crippen LogP contribution in [0.5, 0.6) is 0 Å². The molecule has 1 fully saturated rings. The van der Waals surface area contributed by atoms with Gasteiger partial charge in [-0.2, -0.15) is 0 Å². The minimum absolute atomic E-state index is 0.155. The molecule has 6 heteroatoms. The van der Waals surface area contributed by atoms with E-state index in [-0.39, 0.29) is 11.4 Å². The fraction of sp³-hybridized carbons (Fsp3) is 0.571. The lowest BCUT2D eigenvalue weighted by Crippen LogP contribution is -2.51. The van der Waals surface area contributed by atoms with Crippen molar-refractivity contribution in [1.29, 1.82) is 0 Å². The van der Waals surface area contributed by atoms with Crippen molar-refractivity contribution in [3.8, 4) is 0 Å². The van der Waals surface area contributed by atoms with Crippen LogP contribution in [0.1, 0.15) is 37.7 Å². The molecular weight excluding hydrogens is 279 g/mol. The first-order valence-electron chi connectivity index (χ1n) is 6.87. The Morgan fingerprint density at radius 3 is 2.60 bits per heavy atom. The molecule has 0 unspecified atom stereocenters. The summed E-state index contributed by atoms with van der Waals surface area (Å²) in [5.41, 5.74) is 6.38. The second-order valence-electron chi connectivity index (χ2n) is 5.68. The van der Waals surface area contributed by atoms with Gasteiger partial charge in [0.15, 0.2) is 0 Å². The van der Waals surface area contributed by atoms with Gasteiger partial charge in [-0.1, -0.05) is 25.3 Å². The van der Waals surface area contributed by atoms with Crippen LogP contribution < -0.4 is 10.5 Å². The number of nitrogens with one attached hydrogen (secondary N) is 1. The molecule has 0 heterocycles. The summed E-state index contributed by atoms with van der Waals surface area (Å²) in [6.45, 7) is 1.88. The third-order valence-corrected chi connectivity index (χ3v) is 5.26. The zero-order valence-corrected chi connectivity index (χ0v) is 12.5. The Kier molecular flexibility index (Phi) is 4.46. The van der Waals surface area contributed by atoms with Crippen LogP contribution in [0.2, 0.25) is 0 Å². The molecule has 4 nitrogen and oxygen atoms in total. The highest BCUT2D eigenvalue weighted by atomic mass is 32.2. The molecule has 1 aromatic carbocycles. The molecule has 112 valence electrons. The van der Waals surface area contributed by atoms with E-state index >= 15 is 0 Å². The molecule has 0 saturated heterocycles. The second kappa shape index (κ2) is 5.79. The summed E-state index contributed by atoms with van der Waals surface area (Å²) >= 11 is 0. The van der Waals surface area contributed by atoms with E-state index in [4.69, 9.17) is 5.73 Å². The molecule has 0 radical (unpaired) electrons. The molecule has 1 aliphatic carbocycles. The van der Waals surface area contributed by atoms with E-state index in [2.05, 4.69) is 4.72 Å². The highest BCUT2D eigenvalue weighted by molar-refractivity contribution is 7.89. The van der Waals surface area contributed by atoms with E-state index in [1.165, 1.54) is 12.1 Å². The Hall–Kier alpha value is -0.980. The Bertz CT molecular complexity index is 581. The Balaban J connectivity index is 2.13. The fourth-order valence-electron chi connectivity index (χ4n) is 2.57. The molecule has 1 aromatic rings. The lowest BCUT2D eigenvalue weighted by molar-refractivity contribution is 0.296. The summed E-state index contributed by atoms with van der Waals surface area (Å²) in [6, 6.07) is 4.05. The van der Waals surface area contributed by atoms with Gasteiger partial charge in [0.25, 0.3) is 0 Å². The van der Waals surface area contributed by atoms with Gasteiger partial charge >= 0.3 is 0 Å².